The molecule has 0 radical (unpaired) electrons. The maximum atomic E-state index is 14.2. The average Bonchev–Trinajstić information content (AvgIpc) is 3.70. The maximum Gasteiger partial charge on any atom is 0.408 e. The number of fused-ring (bicyclic) bond motifs is 1. The van der Waals surface area contributed by atoms with E-state index in [1.54, 1.807) is 40.8 Å². The quantitative estimate of drug-likeness (QED) is 0.0823. The maximum absolute atomic E-state index is 14.2. The number of ether oxygens (including phenoxy) is 3. The number of rotatable bonds is 11. The molecule has 3 aromatic carbocycles. The number of nitrogen functional groups attached to an aromatic ring is 1. The van der Waals surface area contributed by atoms with Gasteiger partial charge >= 0.3 is 12.1 Å². The first kappa shape index (κ1) is 40.4. The van der Waals surface area contributed by atoms with Gasteiger partial charge in [0.1, 0.15) is 41.3 Å². The molecular weight excluding hydrogens is 709 g/mol. The van der Waals surface area contributed by atoms with Gasteiger partial charge in [0.25, 0.3) is 0 Å². The Balaban J connectivity index is 1.46. The molecule has 0 aliphatic carbocycles. The zero-order chi connectivity index (χ0) is 40.4. The standard InChI is InChI=1S/C44H54N6O6/c1-27(2)33(49-41(53)56-43(6,7)8)40(52)55-38-36(31-24-46-35-34(31)47-26-48-39(35)45)50(42(3,4)5)32(37(38)51)25-54-44(28-18-12-9-13-19-28,29-20-14-10-15-21-29)30-22-16-11-17-23-30/h9-24,26-27,32-33,36-38,46,51H,25H2,1-8H3,(H,49,53)(H2,45,47,48)/t32-,33+,36+,37-,38+/m1/s1. The van der Waals surface area contributed by atoms with E-state index < -0.39 is 59.1 Å². The van der Waals surface area contributed by atoms with E-state index in [4.69, 9.17) is 19.9 Å². The SMILES string of the molecule is CC(C)[C@H](NC(=O)OC(C)(C)C)C(=O)O[C@@H]1[C@H](O)[C@@H](COC(c2ccccc2)(c2ccccc2)c2ccccc2)N(C(C)(C)C)[C@H]1c1c[nH]c2c(N)ncnc12. The molecule has 0 bridgehead atoms. The minimum Gasteiger partial charge on any atom is -0.456 e. The molecule has 6 rings (SSSR count). The van der Waals surface area contributed by atoms with Crippen LogP contribution < -0.4 is 11.1 Å². The van der Waals surface area contributed by atoms with Gasteiger partial charge in [-0.1, -0.05) is 105 Å². The Morgan fingerprint density at radius 1 is 0.875 bits per heavy atom. The second-order valence-electron chi connectivity index (χ2n) is 16.7. The number of anilines is 1. The van der Waals surface area contributed by atoms with Crippen LogP contribution in [0.4, 0.5) is 10.6 Å². The highest BCUT2D eigenvalue weighted by Gasteiger charge is 2.56. The Kier molecular flexibility index (Phi) is 11.6. The van der Waals surface area contributed by atoms with E-state index in [0.29, 0.717) is 16.6 Å². The predicted octanol–water partition coefficient (Wildman–Crippen LogP) is 6.89. The Labute approximate surface area is 328 Å². The lowest BCUT2D eigenvalue weighted by molar-refractivity contribution is -0.159. The number of hydrogen-bond acceptors (Lipinski definition) is 10. The third kappa shape index (κ3) is 8.14. The molecule has 12 heteroatoms. The fraction of sp³-hybridized carbons (Fsp3) is 0.409. The van der Waals surface area contributed by atoms with Crippen molar-refractivity contribution in [1.29, 1.82) is 0 Å². The number of aromatic nitrogens is 3. The van der Waals surface area contributed by atoms with Crippen molar-refractivity contribution in [1.82, 2.24) is 25.2 Å². The highest BCUT2D eigenvalue weighted by atomic mass is 16.6. The number of carbonyl (C=O) groups excluding carboxylic acids is 2. The Morgan fingerprint density at radius 3 is 1.89 bits per heavy atom. The summed E-state index contributed by atoms with van der Waals surface area (Å²) in [5.41, 5.74) is 8.23. The van der Waals surface area contributed by atoms with Gasteiger partial charge in [-0.3, -0.25) is 4.90 Å². The normalized spacial score (nSPS) is 19.9. The Morgan fingerprint density at radius 2 is 1.41 bits per heavy atom. The number of nitrogens with one attached hydrogen (secondary N) is 2. The number of H-pyrrole nitrogens is 1. The molecule has 1 fully saturated rings. The number of nitrogens with zero attached hydrogens (tertiary/aromatic N) is 3. The summed E-state index contributed by atoms with van der Waals surface area (Å²) in [5.74, 6) is -0.819. The van der Waals surface area contributed by atoms with Gasteiger partial charge in [0.15, 0.2) is 5.82 Å². The Bertz CT molecular complexity index is 2000. The van der Waals surface area contributed by atoms with Gasteiger partial charge < -0.3 is 35.4 Å². The van der Waals surface area contributed by atoms with Gasteiger partial charge in [0.05, 0.1) is 24.2 Å². The molecule has 1 amide bonds. The fourth-order valence-corrected chi connectivity index (χ4v) is 7.81. The van der Waals surface area contributed by atoms with E-state index in [2.05, 4.69) is 25.2 Å². The highest BCUT2D eigenvalue weighted by molar-refractivity contribution is 5.87. The van der Waals surface area contributed by atoms with Crippen LogP contribution in [0.15, 0.2) is 104 Å². The topological polar surface area (TPSA) is 165 Å². The summed E-state index contributed by atoms with van der Waals surface area (Å²) in [6.45, 7) is 15.0. The molecule has 1 aliphatic heterocycles. The summed E-state index contributed by atoms with van der Waals surface area (Å²) in [7, 11) is 0. The van der Waals surface area contributed by atoms with E-state index in [-0.39, 0.29) is 18.3 Å². The molecule has 0 saturated carbocycles. The van der Waals surface area contributed by atoms with Crippen LogP contribution in [0.1, 0.15) is 83.7 Å². The van der Waals surface area contributed by atoms with Gasteiger partial charge in [-0.15, -0.1) is 0 Å². The van der Waals surface area contributed by atoms with Crippen LogP contribution in [0.25, 0.3) is 11.0 Å². The fourth-order valence-electron chi connectivity index (χ4n) is 7.81. The zero-order valence-electron chi connectivity index (χ0n) is 33.4. The third-order valence-electron chi connectivity index (χ3n) is 10.2. The number of alkyl carbamates (subject to hydrolysis) is 1. The smallest absolute Gasteiger partial charge is 0.408 e. The lowest BCUT2D eigenvalue weighted by Gasteiger charge is -2.43. The molecule has 5 atom stereocenters. The molecule has 2 aromatic heterocycles. The van der Waals surface area contributed by atoms with Crippen LogP contribution in [0.5, 0.6) is 0 Å². The number of benzene rings is 3. The van der Waals surface area contributed by atoms with Gasteiger partial charge in [0.2, 0.25) is 0 Å². The number of amides is 1. The van der Waals surface area contributed by atoms with E-state index in [1.807, 2.05) is 112 Å². The second kappa shape index (κ2) is 16.0. The number of hydrogen-bond donors (Lipinski definition) is 4. The van der Waals surface area contributed by atoms with Crippen molar-refractivity contribution < 1.29 is 28.9 Å². The minimum atomic E-state index is -1.26. The molecule has 0 spiro atoms. The summed E-state index contributed by atoms with van der Waals surface area (Å²) >= 11 is 0. The monoisotopic (exact) mass is 762 g/mol. The van der Waals surface area contributed by atoms with Crippen LogP contribution in [0.3, 0.4) is 0 Å². The summed E-state index contributed by atoms with van der Waals surface area (Å²) in [4.78, 5) is 41.3. The Hall–Kier alpha value is -5.30. The van der Waals surface area contributed by atoms with Crippen molar-refractivity contribution in [3.63, 3.8) is 0 Å². The molecular formula is C44H54N6O6. The van der Waals surface area contributed by atoms with E-state index in [9.17, 15) is 14.7 Å². The van der Waals surface area contributed by atoms with Crippen LogP contribution in [-0.4, -0.2) is 79.1 Å². The largest absolute Gasteiger partial charge is 0.456 e. The van der Waals surface area contributed by atoms with Crippen molar-refractivity contribution in [2.24, 2.45) is 5.92 Å². The molecule has 5 aromatic rings. The van der Waals surface area contributed by atoms with E-state index in [0.717, 1.165) is 16.7 Å². The second-order valence-corrected chi connectivity index (χ2v) is 16.7. The molecule has 1 aliphatic rings. The number of aliphatic hydroxyl groups is 1. The number of aromatic amines is 1. The molecule has 12 nitrogen and oxygen atoms in total. The van der Waals surface area contributed by atoms with Gasteiger partial charge in [0, 0.05) is 17.3 Å². The van der Waals surface area contributed by atoms with Gasteiger partial charge in [-0.25, -0.2) is 19.6 Å². The first-order valence-electron chi connectivity index (χ1n) is 19.1. The molecule has 0 unspecified atom stereocenters. The van der Waals surface area contributed by atoms with Gasteiger partial charge in [-0.2, -0.15) is 0 Å². The van der Waals surface area contributed by atoms with Crippen LogP contribution in [-0.2, 0) is 24.6 Å². The number of esters is 1. The summed E-state index contributed by atoms with van der Waals surface area (Å²) in [6.07, 6.45) is 0.0176. The van der Waals surface area contributed by atoms with Crippen molar-refractivity contribution in [2.75, 3.05) is 12.3 Å². The van der Waals surface area contributed by atoms with Crippen molar-refractivity contribution >= 4 is 28.9 Å². The average molecular weight is 763 g/mol. The highest BCUT2D eigenvalue weighted by Crippen LogP contribution is 2.47. The minimum absolute atomic E-state index is 0.0188. The molecule has 5 N–H and O–H groups in total. The third-order valence-corrected chi connectivity index (χ3v) is 10.2. The number of carbonyl (C=O) groups is 2. The predicted molar refractivity (Wildman–Crippen MR) is 215 cm³/mol. The summed E-state index contributed by atoms with van der Waals surface area (Å²) in [5, 5.41) is 15.3. The number of nitrogens with two attached hydrogens (primary N) is 1. The first-order valence-corrected chi connectivity index (χ1v) is 19.1. The van der Waals surface area contributed by atoms with Crippen LogP contribution in [0, 0.1) is 5.92 Å². The van der Waals surface area contributed by atoms with Crippen molar-refractivity contribution in [3.05, 3.63) is 126 Å². The molecule has 1 saturated heterocycles. The number of aliphatic hydroxyl groups excluding tert-OH is 1. The molecule has 3 heterocycles. The van der Waals surface area contributed by atoms with Crippen LogP contribution >= 0.6 is 0 Å². The van der Waals surface area contributed by atoms with Crippen molar-refractivity contribution in [3.8, 4) is 0 Å². The van der Waals surface area contributed by atoms with Gasteiger partial charge in [-0.05, 0) is 64.2 Å². The first-order chi connectivity index (χ1) is 26.5. The zero-order valence-corrected chi connectivity index (χ0v) is 33.4. The summed E-state index contributed by atoms with van der Waals surface area (Å²) in [6, 6.07) is 27.5. The molecule has 296 valence electrons. The number of likely N-dealkylation sites (tertiary alicyclic amines) is 1. The van der Waals surface area contributed by atoms with E-state index in [1.165, 1.54) is 6.33 Å². The lowest BCUT2D eigenvalue weighted by Crippen LogP contribution is -2.51. The van der Waals surface area contributed by atoms with E-state index >= 15 is 0 Å². The molecule has 56 heavy (non-hydrogen) atoms. The lowest BCUT2D eigenvalue weighted by atomic mass is 9.80. The van der Waals surface area contributed by atoms with Crippen molar-refractivity contribution in [2.45, 2.75) is 102 Å². The summed E-state index contributed by atoms with van der Waals surface area (Å²) < 4.78 is 19.2. The van der Waals surface area contributed by atoms with Crippen LogP contribution in [0.2, 0.25) is 0 Å².